The Kier molecular flexibility index (Phi) is 5.28. The maximum Gasteiger partial charge on any atom is 0.187 e. The molecule has 1 aliphatic rings. The molecule has 0 radical (unpaired) electrons. The zero-order valence-corrected chi connectivity index (χ0v) is 17.0. The number of anilines is 2. The molecule has 3 aromatic rings. The van der Waals surface area contributed by atoms with Crippen LogP contribution in [0.4, 0.5) is 11.4 Å². The van der Waals surface area contributed by atoms with Crippen molar-refractivity contribution in [1.29, 1.82) is 0 Å². The number of Topliss-reactive ketones (excluding diaryl/α,β-unsaturated/α-hetero) is 1. The number of halogens is 1. The molecule has 144 valence electrons. The summed E-state index contributed by atoms with van der Waals surface area (Å²) in [7, 11) is 0. The van der Waals surface area contributed by atoms with Crippen LogP contribution >= 0.6 is 15.9 Å². The lowest BCUT2D eigenvalue weighted by atomic mass is 10.0. The van der Waals surface area contributed by atoms with Crippen molar-refractivity contribution in [2.24, 2.45) is 5.73 Å². The lowest BCUT2D eigenvalue weighted by Gasteiger charge is -2.33. The highest BCUT2D eigenvalue weighted by molar-refractivity contribution is 9.10. The van der Waals surface area contributed by atoms with Crippen molar-refractivity contribution in [3.8, 4) is 0 Å². The number of ketones is 1. The Balaban J connectivity index is 1.64. The van der Waals surface area contributed by atoms with Crippen LogP contribution in [0.1, 0.15) is 28.9 Å². The second-order valence-corrected chi connectivity index (χ2v) is 8.13. The normalized spacial score (nSPS) is 17.1. The van der Waals surface area contributed by atoms with Crippen molar-refractivity contribution in [2.45, 2.75) is 25.3 Å². The highest BCUT2D eigenvalue weighted by Crippen LogP contribution is 2.26. The number of carbonyl (C=O) groups is 1. The molecule has 1 fully saturated rings. The van der Waals surface area contributed by atoms with E-state index in [1.165, 1.54) is 0 Å². The summed E-state index contributed by atoms with van der Waals surface area (Å²) in [5, 5.41) is 0.904. The Labute approximate surface area is 172 Å². The van der Waals surface area contributed by atoms with Crippen LogP contribution in [-0.2, 0) is 6.42 Å². The summed E-state index contributed by atoms with van der Waals surface area (Å²) in [5.41, 5.74) is 15.6. The number of pyridine rings is 2. The first kappa shape index (κ1) is 18.8. The number of benzene rings is 1. The quantitative estimate of drug-likeness (QED) is 0.604. The van der Waals surface area contributed by atoms with Crippen molar-refractivity contribution < 1.29 is 4.79 Å². The van der Waals surface area contributed by atoms with Gasteiger partial charge in [0.2, 0.25) is 0 Å². The molecule has 0 spiro atoms. The first-order valence-electron chi connectivity index (χ1n) is 9.33. The number of carbonyl (C=O) groups excluding carboxylic acids is 1. The van der Waals surface area contributed by atoms with Crippen molar-refractivity contribution in [3.63, 3.8) is 0 Å². The Morgan fingerprint density at radius 2 is 2.14 bits per heavy atom. The highest BCUT2D eigenvalue weighted by atomic mass is 79.9. The average molecular weight is 440 g/mol. The molecule has 0 amide bonds. The lowest BCUT2D eigenvalue weighted by Crippen LogP contribution is -2.43. The molecule has 0 aliphatic carbocycles. The minimum absolute atomic E-state index is 0.116. The van der Waals surface area contributed by atoms with Crippen LogP contribution in [0, 0.1) is 0 Å². The number of hydrogen-bond acceptors (Lipinski definition) is 6. The maximum atomic E-state index is 13.0. The molecule has 28 heavy (non-hydrogen) atoms. The Bertz CT molecular complexity index is 1040. The molecule has 0 saturated carbocycles. The van der Waals surface area contributed by atoms with E-state index in [0.717, 1.165) is 52.6 Å². The van der Waals surface area contributed by atoms with Gasteiger partial charge in [0.05, 0.1) is 11.2 Å². The third kappa shape index (κ3) is 3.86. The zero-order valence-electron chi connectivity index (χ0n) is 15.4. The molecular formula is C21H22BrN5O. The van der Waals surface area contributed by atoms with E-state index in [4.69, 9.17) is 11.5 Å². The minimum Gasteiger partial charge on any atom is -0.397 e. The van der Waals surface area contributed by atoms with E-state index < -0.39 is 0 Å². The summed E-state index contributed by atoms with van der Waals surface area (Å²) in [4.78, 5) is 24.0. The van der Waals surface area contributed by atoms with Gasteiger partial charge < -0.3 is 16.4 Å². The standard InChI is InChI=1S/C21H22BrN5O/c22-15-4-3-13-8-17(24)21(26-18(13)10-15)20(28)9-14-11-25-6-5-19(14)27-7-1-2-16(23)12-27/h3-6,8,10-11,16H,1-2,7,9,12,23-24H2/t16-/m0/s1. The fraction of sp³-hybridized carbons (Fsp3) is 0.286. The van der Waals surface area contributed by atoms with Crippen LogP contribution in [-0.4, -0.2) is 34.9 Å². The summed E-state index contributed by atoms with van der Waals surface area (Å²) >= 11 is 3.44. The van der Waals surface area contributed by atoms with Crippen molar-refractivity contribution in [1.82, 2.24) is 9.97 Å². The van der Waals surface area contributed by atoms with E-state index >= 15 is 0 Å². The van der Waals surface area contributed by atoms with Crippen molar-refractivity contribution >= 4 is 44.0 Å². The Morgan fingerprint density at radius 1 is 1.29 bits per heavy atom. The smallest absolute Gasteiger partial charge is 0.187 e. The van der Waals surface area contributed by atoms with E-state index in [1.807, 2.05) is 24.3 Å². The Morgan fingerprint density at radius 3 is 2.96 bits per heavy atom. The number of rotatable bonds is 4. The van der Waals surface area contributed by atoms with Gasteiger partial charge in [0, 0.05) is 59.1 Å². The van der Waals surface area contributed by atoms with Gasteiger partial charge in [0.25, 0.3) is 0 Å². The number of nitrogens with zero attached hydrogens (tertiary/aromatic N) is 3. The summed E-state index contributed by atoms with van der Waals surface area (Å²) in [6.45, 7) is 1.72. The lowest BCUT2D eigenvalue weighted by molar-refractivity contribution is 0.0989. The van der Waals surface area contributed by atoms with Crippen LogP contribution in [0.15, 0.2) is 47.2 Å². The molecule has 7 heteroatoms. The van der Waals surface area contributed by atoms with E-state index in [0.29, 0.717) is 11.4 Å². The molecule has 1 atom stereocenters. The summed E-state index contributed by atoms with van der Waals surface area (Å²) in [6.07, 6.45) is 5.78. The molecule has 3 heterocycles. The van der Waals surface area contributed by atoms with Gasteiger partial charge in [-0.15, -0.1) is 0 Å². The number of aromatic nitrogens is 2. The summed E-state index contributed by atoms with van der Waals surface area (Å²) in [6, 6.07) is 9.65. The van der Waals surface area contributed by atoms with Gasteiger partial charge in [-0.3, -0.25) is 9.78 Å². The van der Waals surface area contributed by atoms with Gasteiger partial charge in [-0.25, -0.2) is 4.98 Å². The third-order valence-electron chi connectivity index (χ3n) is 5.10. The molecule has 2 aromatic heterocycles. The summed E-state index contributed by atoms with van der Waals surface area (Å²) in [5.74, 6) is -0.116. The number of piperidine rings is 1. The van der Waals surface area contributed by atoms with Gasteiger partial charge in [-0.2, -0.15) is 0 Å². The number of hydrogen-bond donors (Lipinski definition) is 2. The van der Waals surface area contributed by atoms with Crippen molar-refractivity contribution in [3.05, 3.63) is 58.5 Å². The first-order chi connectivity index (χ1) is 13.5. The monoisotopic (exact) mass is 439 g/mol. The highest BCUT2D eigenvalue weighted by Gasteiger charge is 2.21. The number of nitrogen functional groups attached to an aromatic ring is 1. The predicted molar refractivity (Wildman–Crippen MR) is 116 cm³/mol. The molecular weight excluding hydrogens is 418 g/mol. The van der Waals surface area contributed by atoms with Crippen LogP contribution in [0.2, 0.25) is 0 Å². The van der Waals surface area contributed by atoms with Crippen molar-refractivity contribution in [2.75, 3.05) is 23.7 Å². The topological polar surface area (TPSA) is 98.1 Å². The Hall–Kier alpha value is -2.51. The van der Waals surface area contributed by atoms with E-state index in [1.54, 1.807) is 18.5 Å². The summed E-state index contributed by atoms with van der Waals surface area (Å²) < 4.78 is 0.909. The van der Waals surface area contributed by atoms with Crippen LogP contribution in [0.3, 0.4) is 0 Å². The number of fused-ring (bicyclic) bond motifs is 1. The molecule has 0 bridgehead atoms. The molecule has 1 aromatic carbocycles. The maximum absolute atomic E-state index is 13.0. The predicted octanol–water partition coefficient (Wildman–Crippen LogP) is 3.33. The fourth-order valence-electron chi connectivity index (χ4n) is 3.73. The first-order valence-corrected chi connectivity index (χ1v) is 10.1. The fourth-order valence-corrected chi connectivity index (χ4v) is 4.08. The molecule has 4 N–H and O–H groups in total. The van der Waals surface area contributed by atoms with Gasteiger partial charge in [-0.1, -0.05) is 22.0 Å². The SMILES string of the molecule is Nc1cc2ccc(Br)cc2nc1C(=O)Cc1cnccc1N1CCC[C@H](N)C1. The van der Waals surface area contributed by atoms with Gasteiger partial charge in [-0.05, 0) is 37.1 Å². The third-order valence-corrected chi connectivity index (χ3v) is 5.59. The molecule has 0 unspecified atom stereocenters. The second kappa shape index (κ2) is 7.85. The minimum atomic E-state index is -0.116. The van der Waals surface area contributed by atoms with E-state index in [2.05, 4.69) is 30.8 Å². The molecule has 1 aliphatic heterocycles. The largest absolute Gasteiger partial charge is 0.397 e. The van der Waals surface area contributed by atoms with E-state index in [9.17, 15) is 4.79 Å². The number of nitrogens with two attached hydrogens (primary N) is 2. The molecule has 1 saturated heterocycles. The van der Waals surface area contributed by atoms with Gasteiger partial charge in [0.1, 0.15) is 5.69 Å². The van der Waals surface area contributed by atoms with Crippen LogP contribution in [0.5, 0.6) is 0 Å². The average Bonchev–Trinajstić information content (AvgIpc) is 2.68. The van der Waals surface area contributed by atoms with Crippen LogP contribution in [0.25, 0.3) is 10.9 Å². The van der Waals surface area contributed by atoms with Gasteiger partial charge >= 0.3 is 0 Å². The van der Waals surface area contributed by atoms with E-state index in [-0.39, 0.29) is 18.2 Å². The van der Waals surface area contributed by atoms with Crippen LogP contribution < -0.4 is 16.4 Å². The molecule has 4 rings (SSSR count). The molecule has 6 nitrogen and oxygen atoms in total. The zero-order chi connectivity index (χ0) is 19.7. The van der Waals surface area contributed by atoms with Gasteiger partial charge in [0.15, 0.2) is 5.78 Å². The second-order valence-electron chi connectivity index (χ2n) is 7.22.